The molecule has 3 N–H and O–H groups in total. The number of anilines is 1. The van der Waals surface area contributed by atoms with Gasteiger partial charge in [-0.1, -0.05) is 24.3 Å². The Kier molecular flexibility index (Phi) is 7.77. The Morgan fingerprint density at radius 1 is 1.18 bits per heavy atom. The molecule has 1 aromatic rings. The number of carbonyl (C=O) groups is 1. The molecule has 184 valence electrons. The molecule has 0 bridgehead atoms. The number of guanidine groups is 1. The zero-order valence-electron chi connectivity index (χ0n) is 20.8. The molecule has 4 rings (SSSR count). The number of nitrogens with one attached hydrogen (secondary N) is 2. The molecule has 6 heteroatoms. The lowest BCUT2D eigenvalue weighted by atomic mass is 9.72. The molecule has 6 nitrogen and oxygen atoms in total. The number of benzene rings is 1. The standard InChI is InChI=1S/C28H39N3O3/c1-17(2)29-28(30-18(3)4)31-21-11-9-10-20(16-21)24(19-14-15-19)25-26(32)22-12-7-5-6-8-13-23(22)34-27(25)33/h6,8-11,13,16-19,22,24-26,32H,5,7,12,14-15H2,1-4H3,(H2,29,30,31). The highest BCUT2D eigenvalue weighted by molar-refractivity contribution is 5.94. The highest BCUT2D eigenvalue weighted by Gasteiger charge is 2.50. The van der Waals surface area contributed by atoms with Crippen LogP contribution in [0.2, 0.25) is 0 Å². The maximum absolute atomic E-state index is 13.2. The molecule has 3 aliphatic rings. The van der Waals surface area contributed by atoms with Crippen molar-refractivity contribution < 1.29 is 14.6 Å². The first-order chi connectivity index (χ1) is 16.3. The second-order valence-corrected chi connectivity index (χ2v) is 10.5. The molecule has 2 aliphatic carbocycles. The molecule has 0 spiro atoms. The van der Waals surface area contributed by atoms with E-state index in [9.17, 15) is 9.90 Å². The predicted octanol–water partition coefficient (Wildman–Crippen LogP) is 5.13. The fourth-order valence-corrected chi connectivity index (χ4v) is 5.19. The molecule has 1 saturated carbocycles. The molecule has 0 amide bonds. The minimum absolute atomic E-state index is 0.0599. The van der Waals surface area contributed by atoms with Crippen LogP contribution in [-0.2, 0) is 9.53 Å². The summed E-state index contributed by atoms with van der Waals surface area (Å²) in [6.07, 6.45) is 10.1. The first kappa shape index (κ1) is 24.5. The van der Waals surface area contributed by atoms with Crippen molar-refractivity contribution in [3.05, 3.63) is 53.8 Å². The van der Waals surface area contributed by atoms with Crippen LogP contribution in [0, 0.1) is 17.8 Å². The van der Waals surface area contributed by atoms with Gasteiger partial charge in [-0.2, -0.15) is 0 Å². The summed E-state index contributed by atoms with van der Waals surface area (Å²) in [5.41, 5.74) is 1.99. The number of ether oxygens (including phenoxy) is 1. The number of nitrogens with zero attached hydrogens (tertiary/aromatic N) is 1. The van der Waals surface area contributed by atoms with Crippen molar-refractivity contribution in [1.82, 2.24) is 5.32 Å². The first-order valence-electron chi connectivity index (χ1n) is 12.8. The van der Waals surface area contributed by atoms with Gasteiger partial charge in [0.15, 0.2) is 5.96 Å². The topological polar surface area (TPSA) is 83.0 Å². The van der Waals surface area contributed by atoms with E-state index in [0.717, 1.165) is 49.3 Å². The van der Waals surface area contributed by atoms with E-state index in [0.29, 0.717) is 11.7 Å². The minimum Gasteiger partial charge on any atom is -0.430 e. The van der Waals surface area contributed by atoms with Gasteiger partial charge in [0.2, 0.25) is 0 Å². The summed E-state index contributed by atoms with van der Waals surface area (Å²) in [4.78, 5) is 17.9. The van der Waals surface area contributed by atoms with E-state index in [1.807, 2.05) is 38.1 Å². The number of aliphatic imine (C=N–C) groups is 1. The number of fused-ring (bicyclic) bond motifs is 1. The summed E-state index contributed by atoms with van der Waals surface area (Å²) in [6.45, 7) is 8.27. The van der Waals surface area contributed by atoms with Crippen LogP contribution in [0.15, 0.2) is 53.2 Å². The van der Waals surface area contributed by atoms with Crippen LogP contribution >= 0.6 is 0 Å². The van der Waals surface area contributed by atoms with E-state index in [4.69, 9.17) is 4.74 Å². The van der Waals surface area contributed by atoms with Crippen LogP contribution in [-0.4, -0.2) is 35.2 Å². The van der Waals surface area contributed by atoms with Gasteiger partial charge in [-0.15, -0.1) is 0 Å². The number of carbonyl (C=O) groups excluding carboxylic acids is 1. The van der Waals surface area contributed by atoms with Crippen LogP contribution in [0.4, 0.5) is 5.69 Å². The third-order valence-electron chi connectivity index (χ3n) is 6.78. The first-order valence-corrected chi connectivity index (χ1v) is 12.8. The molecule has 2 fully saturated rings. The summed E-state index contributed by atoms with van der Waals surface area (Å²) >= 11 is 0. The highest BCUT2D eigenvalue weighted by Crippen LogP contribution is 2.51. The monoisotopic (exact) mass is 465 g/mol. The van der Waals surface area contributed by atoms with E-state index in [1.54, 1.807) is 0 Å². The summed E-state index contributed by atoms with van der Waals surface area (Å²) in [6, 6.07) is 8.62. The predicted molar refractivity (Wildman–Crippen MR) is 137 cm³/mol. The van der Waals surface area contributed by atoms with Gasteiger partial charge in [-0.05, 0) is 89.5 Å². The van der Waals surface area contributed by atoms with E-state index >= 15 is 0 Å². The largest absolute Gasteiger partial charge is 0.430 e. The van der Waals surface area contributed by atoms with Crippen LogP contribution in [0.25, 0.3) is 0 Å². The number of aliphatic hydroxyl groups is 1. The van der Waals surface area contributed by atoms with Crippen LogP contribution in [0.1, 0.15) is 71.3 Å². The van der Waals surface area contributed by atoms with Gasteiger partial charge < -0.3 is 20.5 Å². The van der Waals surface area contributed by atoms with Crippen molar-refractivity contribution in [3.63, 3.8) is 0 Å². The maximum atomic E-state index is 13.2. The van der Waals surface area contributed by atoms with Crippen molar-refractivity contribution in [2.45, 2.75) is 83.9 Å². The van der Waals surface area contributed by atoms with Gasteiger partial charge in [0.25, 0.3) is 0 Å². The minimum atomic E-state index is -0.734. The number of hydrogen-bond donors (Lipinski definition) is 3. The molecule has 4 atom stereocenters. The normalized spacial score (nSPS) is 26.3. The maximum Gasteiger partial charge on any atom is 0.317 e. The number of allylic oxidation sites excluding steroid dienone is 3. The lowest BCUT2D eigenvalue weighted by molar-refractivity contribution is -0.160. The van der Waals surface area contributed by atoms with Crippen molar-refractivity contribution in [3.8, 4) is 0 Å². The lowest BCUT2D eigenvalue weighted by Gasteiger charge is -2.39. The van der Waals surface area contributed by atoms with Crippen LogP contribution in [0.3, 0.4) is 0 Å². The fourth-order valence-electron chi connectivity index (χ4n) is 5.19. The number of hydrogen-bond acceptors (Lipinski definition) is 4. The summed E-state index contributed by atoms with van der Waals surface area (Å²) in [5, 5.41) is 18.3. The van der Waals surface area contributed by atoms with Crippen molar-refractivity contribution in [2.24, 2.45) is 22.7 Å². The summed E-state index contributed by atoms with van der Waals surface area (Å²) in [5.74, 6) is 0.696. The average molecular weight is 466 g/mol. The summed E-state index contributed by atoms with van der Waals surface area (Å²) in [7, 11) is 0. The molecule has 1 saturated heterocycles. The molecular weight excluding hydrogens is 426 g/mol. The van der Waals surface area contributed by atoms with Gasteiger partial charge in [0.1, 0.15) is 5.76 Å². The molecule has 4 unspecified atom stereocenters. The molecule has 1 aliphatic heterocycles. The number of rotatable bonds is 6. The van der Waals surface area contributed by atoms with Crippen molar-refractivity contribution >= 4 is 17.6 Å². The number of aliphatic hydroxyl groups excluding tert-OH is 1. The zero-order chi connectivity index (χ0) is 24.2. The zero-order valence-corrected chi connectivity index (χ0v) is 20.8. The van der Waals surface area contributed by atoms with Crippen molar-refractivity contribution in [2.75, 3.05) is 5.32 Å². The fraction of sp³-hybridized carbons (Fsp3) is 0.571. The van der Waals surface area contributed by atoms with E-state index < -0.39 is 12.0 Å². The van der Waals surface area contributed by atoms with Gasteiger partial charge in [-0.25, -0.2) is 0 Å². The second-order valence-electron chi connectivity index (χ2n) is 10.5. The molecule has 0 radical (unpaired) electrons. The molecule has 0 aromatic heterocycles. The molecule has 1 heterocycles. The van der Waals surface area contributed by atoms with E-state index in [1.165, 1.54) is 0 Å². The second kappa shape index (κ2) is 10.8. The Hall–Kier alpha value is -2.60. The Morgan fingerprint density at radius 3 is 2.68 bits per heavy atom. The van der Waals surface area contributed by atoms with Gasteiger partial charge in [0, 0.05) is 29.6 Å². The SMILES string of the molecule is CC(C)N=C(Nc1cccc(C(C2CC2)C2C(=O)OC3=CC=CCCCC3C2O)c1)NC(C)C. The molecule has 1 aromatic carbocycles. The lowest BCUT2D eigenvalue weighted by Crippen LogP contribution is -2.46. The third-order valence-corrected chi connectivity index (χ3v) is 6.78. The smallest absolute Gasteiger partial charge is 0.317 e. The van der Waals surface area contributed by atoms with Gasteiger partial charge in [-0.3, -0.25) is 9.79 Å². The van der Waals surface area contributed by atoms with Gasteiger partial charge in [0.05, 0.1) is 12.0 Å². The van der Waals surface area contributed by atoms with E-state index in [2.05, 4.69) is 47.7 Å². The Bertz CT molecular complexity index is 961. The molecular formula is C28H39N3O3. The van der Waals surface area contributed by atoms with Crippen LogP contribution in [0.5, 0.6) is 0 Å². The third kappa shape index (κ3) is 5.90. The van der Waals surface area contributed by atoms with E-state index in [-0.39, 0.29) is 29.9 Å². The van der Waals surface area contributed by atoms with Crippen LogP contribution < -0.4 is 10.6 Å². The Morgan fingerprint density at radius 2 is 1.97 bits per heavy atom. The highest BCUT2D eigenvalue weighted by atomic mass is 16.5. The summed E-state index contributed by atoms with van der Waals surface area (Å²) < 4.78 is 5.84. The molecule has 34 heavy (non-hydrogen) atoms. The van der Waals surface area contributed by atoms with Crippen molar-refractivity contribution in [1.29, 1.82) is 0 Å². The Labute approximate surface area is 203 Å². The number of esters is 1. The average Bonchev–Trinajstić information content (AvgIpc) is 3.57. The Balaban J connectivity index is 1.61. The quantitative estimate of drug-likeness (QED) is 0.308. The van der Waals surface area contributed by atoms with Gasteiger partial charge >= 0.3 is 5.97 Å².